The van der Waals surface area contributed by atoms with Gasteiger partial charge < -0.3 is 9.80 Å². The summed E-state index contributed by atoms with van der Waals surface area (Å²) in [5.41, 5.74) is 1.96. The van der Waals surface area contributed by atoms with E-state index in [-0.39, 0.29) is 36.4 Å². The first-order valence-corrected chi connectivity index (χ1v) is 11.5. The number of nitrogens with zero attached hydrogens (tertiary/aromatic N) is 2. The van der Waals surface area contributed by atoms with E-state index in [1.54, 1.807) is 28.4 Å². The molecule has 2 heterocycles. The molecule has 1 unspecified atom stereocenters. The molecule has 1 aliphatic rings. The van der Waals surface area contributed by atoms with Crippen molar-refractivity contribution >= 4 is 46.4 Å². The van der Waals surface area contributed by atoms with Crippen LogP contribution in [-0.4, -0.2) is 40.7 Å². The molecule has 0 spiro atoms. The fourth-order valence-corrected chi connectivity index (χ4v) is 5.14. The van der Waals surface area contributed by atoms with Crippen molar-refractivity contribution in [2.24, 2.45) is 5.92 Å². The lowest BCUT2D eigenvalue weighted by Crippen LogP contribution is -2.49. The van der Waals surface area contributed by atoms with Gasteiger partial charge in [0.25, 0.3) is 0 Å². The van der Waals surface area contributed by atoms with Crippen LogP contribution in [0, 0.1) is 5.92 Å². The first-order valence-electron chi connectivity index (χ1n) is 9.81. The average Bonchev–Trinajstić information content (AvgIpc) is 3.13. The quantitative estimate of drug-likeness (QED) is 0.607. The molecule has 29 heavy (non-hydrogen) atoms. The van der Waals surface area contributed by atoms with E-state index < -0.39 is 0 Å². The van der Waals surface area contributed by atoms with Crippen molar-refractivity contribution in [1.82, 2.24) is 9.80 Å². The lowest BCUT2D eigenvalue weighted by Gasteiger charge is -2.38. The molecule has 0 aliphatic carbocycles. The van der Waals surface area contributed by atoms with Crippen molar-refractivity contribution in [3.63, 3.8) is 0 Å². The lowest BCUT2D eigenvalue weighted by atomic mass is 9.93. The monoisotopic (exact) mass is 452 g/mol. The van der Waals surface area contributed by atoms with Crippen LogP contribution in [0.25, 0.3) is 0 Å². The normalized spacial score (nSPS) is 16.3. The van der Waals surface area contributed by atoms with Gasteiger partial charge in [-0.2, -0.15) is 0 Å². The highest BCUT2D eigenvalue weighted by molar-refractivity contribution is 7.10. The zero-order valence-corrected chi connectivity index (χ0v) is 19.4. The molecule has 156 valence electrons. The van der Waals surface area contributed by atoms with Gasteiger partial charge in [0.1, 0.15) is 6.54 Å². The third kappa shape index (κ3) is 4.62. The largest absolute Gasteiger partial charge is 0.331 e. The molecule has 2 aromatic rings. The smallest absolute Gasteiger partial charge is 0.243 e. The van der Waals surface area contributed by atoms with Gasteiger partial charge in [0, 0.05) is 33.4 Å². The minimum atomic E-state index is -0.273. The highest BCUT2D eigenvalue weighted by Crippen LogP contribution is 2.41. The molecule has 2 amide bonds. The topological polar surface area (TPSA) is 40.6 Å². The first-order chi connectivity index (χ1) is 13.7. The average molecular weight is 453 g/mol. The van der Waals surface area contributed by atoms with Crippen molar-refractivity contribution in [2.75, 3.05) is 13.1 Å². The molecule has 3 rings (SSSR count). The summed E-state index contributed by atoms with van der Waals surface area (Å²) >= 11 is 14.3. The van der Waals surface area contributed by atoms with Crippen LogP contribution in [-0.2, 0) is 16.0 Å². The van der Waals surface area contributed by atoms with Crippen LogP contribution < -0.4 is 0 Å². The van der Waals surface area contributed by atoms with Gasteiger partial charge >= 0.3 is 0 Å². The third-order valence-electron chi connectivity index (χ3n) is 5.25. The van der Waals surface area contributed by atoms with E-state index >= 15 is 0 Å². The number of carbonyl (C=O) groups excluding carboxylic acids is 2. The number of hydrogen-bond donors (Lipinski definition) is 0. The molecule has 7 heteroatoms. The van der Waals surface area contributed by atoms with Crippen molar-refractivity contribution in [3.05, 3.63) is 55.7 Å². The third-order valence-corrected chi connectivity index (χ3v) is 6.81. The van der Waals surface area contributed by atoms with Gasteiger partial charge in [0.2, 0.25) is 11.8 Å². The second kappa shape index (κ2) is 9.07. The van der Waals surface area contributed by atoms with Crippen LogP contribution in [0.4, 0.5) is 0 Å². The molecule has 0 saturated carbocycles. The van der Waals surface area contributed by atoms with Crippen molar-refractivity contribution in [1.29, 1.82) is 0 Å². The van der Waals surface area contributed by atoms with Crippen LogP contribution >= 0.6 is 34.5 Å². The molecular weight excluding hydrogens is 427 g/mol. The summed E-state index contributed by atoms with van der Waals surface area (Å²) in [4.78, 5) is 30.8. The summed E-state index contributed by atoms with van der Waals surface area (Å²) in [7, 11) is 0. The second-order valence-corrected chi connectivity index (χ2v) is 9.76. The molecule has 1 atom stereocenters. The molecule has 0 fully saturated rings. The van der Waals surface area contributed by atoms with E-state index in [0.717, 1.165) is 17.5 Å². The standard InChI is InChI=1S/C22H26Cl2N2O2S/c1-13(2)22(28)26(14(3)4)12-20(27)25-9-7-19-17(8-10-29-19)21(25)16-6-5-15(23)11-18(16)24/h5-6,8,10-11,13-14,21H,7,9,12H2,1-4H3. The Morgan fingerprint density at radius 2 is 1.90 bits per heavy atom. The predicted molar refractivity (Wildman–Crippen MR) is 120 cm³/mol. The Balaban J connectivity index is 1.96. The Kier molecular flexibility index (Phi) is 6.92. The molecule has 1 aliphatic heterocycles. The van der Waals surface area contributed by atoms with Gasteiger partial charge in [-0.05, 0) is 55.0 Å². The van der Waals surface area contributed by atoms with Crippen LogP contribution in [0.5, 0.6) is 0 Å². The molecule has 0 radical (unpaired) electrons. The highest BCUT2D eigenvalue weighted by Gasteiger charge is 2.35. The van der Waals surface area contributed by atoms with Crippen molar-refractivity contribution in [3.8, 4) is 0 Å². The van der Waals surface area contributed by atoms with E-state index in [4.69, 9.17) is 23.2 Å². The number of benzene rings is 1. The van der Waals surface area contributed by atoms with Gasteiger partial charge in [-0.1, -0.05) is 43.1 Å². The minimum absolute atomic E-state index is 0.0114. The van der Waals surface area contributed by atoms with E-state index in [1.807, 2.05) is 38.7 Å². The van der Waals surface area contributed by atoms with Crippen molar-refractivity contribution in [2.45, 2.75) is 46.2 Å². The highest BCUT2D eigenvalue weighted by atomic mass is 35.5. The molecule has 1 aromatic carbocycles. The Hall–Kier alpha value is -1.56. The number of rotatable bonds is 5. The maximum Gasteiger partial charge on any atom is 0.243 e. The fourth-order valence-electron chi connectivity index (χ4n) is 3.73. The lowest BCUT2D eigenvalue weighted by molar-refractivity contribution is -0.145. The number of amides is 2. The Bertz CT molecular complexity index is 910. The van der Waals surface area contributed by atoms with Gasteiger partial charge in [-0.3, -0.25) is 9.59 Å². The number of hydrogen-bond acceptors (Lipinski definition) is 3. The molecule has 1 aromatic heterocycles. The molecular formula is C22H26Cl2N2O2S. The number of carbonyl (C=O) groups is 2. The van der Waals surface area contributed by atoms with Crippen LogP contribution in [0.1, 0.15) is 49.7 Å². The minimum Gasteiger partial charge on any atom is -0.331 e. The number of halogens is 2. The number of fused-ring (bicyclic) bond motifs is 1. The summed E-state index contributed by atoms with van der Waals surface area (Å²) in [6.45, 7) is 8.25. The molecule has 4 nitrogen and oxygen atoms in total. The predicted octanol–water partition coefficient (Wildman–Crippen LogP) is 5.42. The zero-order valence-electron chi connectivity index (χ0n) is 17.1. The SMILES string of the molecule is CC(C)C(=O)N(CC(=O)N1CCc2sccc2C1c1ccc(Cl)cc1Cl)C(C)C. The van der Waals surface area contributed by atoms with E-state index in [2.05, 4.69) is 11.4 Å². The summed E-state index contributed by atoms with van der Waals surface area (Å²) < 4.78 is 0. The van der Waals surface area contributed by atoms with Gasteiger partial charge in [-0.15, -0.1) is 11.3 Å². The zero-order chi connectivity index (χ0) is 21.3. The van der Waals surface area contributed by atoms with Gasteiger partial charge in [0.15, 0.2) is 0 Å². The first kappa shape index (κ1) is 22.1. The van der Waals surface area contributed by atoms with Crippen LogP contribution in [0.3, 0.4) is 0 Å². The van der Waals surface area contributed by atoms with Crippen LogP contribution in [0.15, 0.2) is 29.6 Å². The van der Waals surface area contributed by atoms with Gasteiger partial charge in [-0.25, -0.2) is 0 Å². The summed E-state index contributed by atoms with van der Waals surface area (Å²) in [6, 6.07) is 7.15. The molecule has 0 N–H and O–H groups in total. The summed E-state index contributed by atoms with van der Waals surface area (Å²) in [6.07, 6.45) is 0.806. The molecule has 0 saturated heterocycles. The maximum absolute atomic E-state index is 13.4. The Labute approximate surface area is 186 Å². The summed E-state index contributed by atoms with van der Waals surface area (Å²) in [5, 5.41) is 3.16. The van der Waals surface area contributed by atoms with E-state index in [9.17, 15) is 9.59 Å². The molecule has 0 bridgehead atoms. The Morgan fingerprint density at radius 1 is 1.17 bits per heavy atom. The van der Waals surface area contributed by atoms with Crippen molar-refractivity contribution < 1.29 is 9.59 Å². The summed E-state index contributed by atoms with van der Waals surface area (Å²) in [5.74, 6) is -0.236. The fraction of sp³-hybridized carbons (Fsp3) is 0.455. The van der Waals surface area contributed by atoms with Crippen LogP contribution in [0.2, 0.25) is 10.0 Å². The number of thiophene rings is 1. The van der Waals surface area contributed by atoms with E-state index in [1.165, 1.54) is 4.88 Å². The maximum atomic E-state index is 13.4. The van der Waals surface area contributed by atoms with E-state index in [0.29, 0.717) is 16.6 Å². The Morgan fingerprint density at radius 3 is 2.52 bits per heavy atom. The second-order valence-electron chi connectivity index (χ2n) is 7.92. The van der Waals surface area contributed by atoms with Gasteiger partial charge in [0.05, 0.1) is 6.04 Å².